The average Bonchev–Trinajstić information content (AvgIpc) is 2.61. The fourth-order valence-corrected chi connectivity index (χ4v) is 2.07. The molecule has 0 bridgehead atoms. The van der Waals surface area contributed by atoms with Gasteiger partial charge in [0.1, 0.15) is 11.6 Å². The summed E-state index contributed by atoms with van der Waals surface area (Å²) in [5.41, 5.74) is 5.64. The van der Waals surface area contributed by atoms with Crippen molar-refractivity contribution in [2.24, 2.45) is 0 Å². The lowest BCUT2D eigenvalue weighted by Gasteiger charge is -2.17. The lowest BCUT2D eigenvalue weighted by atomic mass is 10.4. The van der Waals surface area contributed by atoms with Gasteiger partial charge in [0.25, 0.3) is 0 Å². The smallest absolute Gasteiger partial charge is 0.145 e. The highest BCUT2D eigenvalue weighted by molar-refractivity contribution is 9.10. The van der Waals surface area contributed by atoms with Gasteiger partial charge in [0.2, 0.25) is 0 Å². The van der Waals surface area contributed by atoms with Crippen molar-refractivity contribution in [1.29, 1.82) is 0 Å². The number of rotatable bonds is 1. The molecule has 0 saturated carbocycles. The molecule has 2 N–H and O–H groups in total. The summed E-state index contributed by atoms with van der Waals surface area (Å²) in [6.07, 6.45) is 2.51. The van der Waals surface area contributed by atoms with Crippen molar-refractivity contribution >= 4 is 27.6 Å². The van der Waals surface area contributed by atoms with Gasteiger partial charge in [0.15, 0.2) is 0 Å². The van der Waals surface area contributed by atoms with Crippen LogP contribution in [-0.2, 0) is 0 Å². The van der Waals surface area contributed by atoms with E-state index in [0.29, 0.717) is 5.82 Å². The summed E-state index contributed by atoms with van der Waals surface area (Å²) >= 11 is 3.48. The molecule has 70 valence electrons. The highest BCUT2D eigenvalue weighted by atomic mass is 79.9. The minimum Gasteiger partial charge on any atom is -0.384 e. The number of anilines is 2. The maximum Gasteiger partial charge on any atom is 0.145 e. The Morgan fingerprint density at radius 2 is 2.00 bits per heavy atom. The van der Waals surface area contributed by atoms with Gasteiger partial charge in [-0.1, -0.05) is 0 Å². The molecule has 0 atom stereocenters. The maximum atomic E-state index is 5.64. The SMILES string of the molecule is Nc1ccc(Br)c(N2CCCC2)n1. The highest BCUT2D eigenvalue weighted by Crippen LogP contribution is 2.27. The van der Waals surface area contributed by atoms with Crippen molar-refractivity contribution in [2.75, 3.05) is 23.7 Å². The molecule has 13 heavy (non-hydrogen) atoms. The van der Waals surface area contributed by atoms with Crippen LogP contribution in [0.3, 0.4) is 0 Å². The third kappa shape index (κ3) is 1.77. The van der Waals surface area contributed by atoms with Crippen LogP contribution in [0.25, 0.3) is 0 Å². The van der Waals surface area contributed by atoms with Gasteiger partial charge in [-0.15, -0.1) is 0 Å². The van der Waals surface area contributed by atoms with E-state index in [1.165, 1.54) is 12.8 Å². The fraction of sp³-hybridized carbons (Fsp3) is 0.444. The Hall–Kier alpha value is -0.770. The van der Waals surface area contributed by atoms with Crippen molar-refractivity contribution in [3.63, 3.8) is 0 Å². The number of pyridine rings is 1. The normalized spacial score (nSPS) is 16.5. The van der Waals surface area contributed by atoms with E-state index in [9.17, 15) is 0 Å². The number of nitrogens with zero attached hydrogens (tertiary/aromatic N) is 2. The van der Waals surface area contributed by atoms with E-state index in [2.05, 4.69) is 25.8 Å². The third-order valence-corrected chi connectivity index (χ3v) is 2.87. The summed E-state index contributed by atoms with van der Waals surface area (Å²) in [4.78, 5) is 6.58. The summed E-state index contributed by atoms with van der Waals surface area (Å²) in [6.45, 7) is 2.18. The van der Waals surface area contributed by atoms with E-state index in [-0.39, 0.29) is 0 Å². The first-order valence-corrected chi connectivity index (χ1v) is 5.23. The molecule has 0 radical (unpaired) electrons. The number of hydrogen-bond acceptors (Lipinski definition) is 3. The second-order valence-corrected chi connectivity index (χ2v) is 4.09. The Bertz CT molecular complexity index is 308. The largest absolute Gasteiger partial charge is 0.384 e. The highest BCUT2D eigenvalue weighted by Gasteiger charge is 2.16. The Balaban J connectivity index is 2.32. The van der Waals surface area contributed by atoms with Gasteiger partial charge in [-0.25, -0.2) is 4.98 Å². The molecule has 0 amide bonds. The number of halogens is 1. The molecular formula is C9H12BrN3. The minimum atomic E-state index is 0.588. The van der Waals surface area contributed by atoms with Crippen LogP contribution in [0, 0.1) is 0 Å². The molecule has 0 unspecified atom stereocenters. The lowest BCUT2D eigenvalue weighted by molar-refractivity contribution is 0.935. The second-order valence-electron chi connectivity index (χ2n) is 3.24. The summed E-state index contributed by atoms with van der Waals surface area (Å²) in [6, 6.07) is 3.76. The molecule has 4 heteroatoms. The predicted octanol–water partition coefficient (Wildman–Crippen LogP) is 2.03. The van der Waals surface area contributed by atoms with Crippen LogP contribution in [0.2, 0.25) is 0 Å². The lowest BCUT2D eigenvalue weighted by Crippen LogP contribution is -2.19. The van der Waals surface area contributed by atoms with E-state index in [4.69, 9.17) is 5.73 Å². The monoisotopic (exact) mass is 241 g/mol. The summed E-state index contributed by atoms with van der Waals surface area (Å²) in [7, 11) is 0. The van der Waals surface area contributed by atoms with E-state index in [0.717, 1.165) is 23.4 Å². The molecule has 0 spiro atoms. The molecule has 3 nitrogen and oxygen atoms in total. The van der Waals surface area contributed by atoms with Crippen molar-refractivity contribution in [2.45, 2.75) is 12.8 Å². The van der Waals surface area contributed by atoms with Crippen LogP contribution in [0.15, 0.2) is 16.6 Å². The van der Waals surface area contributed by atoms with Crippen molar-refractivity contribution in [3.8, 4) is 0 Å². The predicted molar refractivity (Wildman–Crippen MR) is 57.8 cm³/mol. The Morgan fingerprint density at radius 1 is 1.31 bits per heavy atom. The van der Waals surface area contributed by atoms with Gasteiger partial charge in [-0.3, -0.25) is 0 Å². The number of hydrogen-bond donors (Lipinski definition) is 1. The molecule has 1 aromatic rings. The van der Waals surface area contributed by atoms with Crippen LogP contribution in [0.5, 0.6) is 0 Å². The van der Waals surface area contributed by atoms with E-state index in [1.807, 2.05) is 12.1 Å². The summed E-state index contributed by atoms with van der Waals surface area (Å²) < 4.78 is 1.03. The van der Waals surface area contributed by atoms with Crippen LogP contribution in [-0.4, -0.2) is 18.1 Å². The zero-order chi connectivity index (χ0) is 9.26. The van der Waals surface area contributed by atoms with Gasteiger partial charge in [-0.2, -0.15) is 0 Å². The first-order valence-electron chi connectivity index (χ1n) is 4.44. The van der Waals surface area contributed by atoms with Gasteiger partial charge in [0, 0.05) is 13.1 Å². The summed E-state index contributed by atoms with van der Waals surface area (Å²) in [5, 5.41) is 0. The molecule has 1 aliphatic heterocycles. The summed E-state index contributed by atoms with van der Waals surface area (Å²) in [5.74, 6) is 1.57. The maximum absolute atomic E-state index is 5.64. The second kappa shape index (κ2) is 3.54. The quantitative estimate of drug-likeness (QED) is 0.819. The van der Waals surface area contributed by atoms with E-state index in [1.54, 1.807) is 0 Å². The molecule has 2 rings (SSSR count). The molecular weight excluding hydrogens is 230 g/mol. The van der Waals surface area contributed by atoms with Gasteiger partial charge in [-0.05, 0) is 40.9 Å². The van der Waals surface area contributed by atoms with Crippen LogP contribution in [0.1, 0.15) is 12.8 Å². The molecule has 1 aliphatic rings. The van der Waals surface area contributed by atoms with Crippen LogP contribution in [0.4, 0.5) is 11.6 Å². The topological polar surface area (TPSA) is 42.1 Å². The Morgan fingerprint density at radius 3 is 2.69 bits per heavy atom. The molecule has 1 fully saturated rings. The van der Waals surface area contributed by atoms with Crippen molar-refractivity contribution in [1.82, 2.24) is 4.98 Å². The zero-order valence-corrected chi connectivity index (χ0v) is 8.92. The molecule has 2 heterocycles. The van der Waals surface area contributed by atoms with Crippen LogP contribution >= 0.6 is 15.9 Å². The first kappa shape index (κ1) is 8.81. The van der Waals surface area contributed by atoms with Crippen molar-refractivity contribution < 1.29 is 0 Å². The Kier molecular flexibility index (Phi) is 2.40. The minimum absolute atomic E-state index is 0.588. The van der Waals surface area contributed by atoms with Gasteiger partial charge >= 0.3 is 0 Å². The standard InChI is InChI=1S/C9H12BrN3/c10-7-3-4-8(11)12-9(7)13-5-1-2-6-13/h3-4H,1-2,5-6H2,(H2,11,12). The third-order valence-electron chi connectivity index (χ3n) is 2.25. The zero-order valence-electron chi connectivity index (χ0n) is 7.33. The molecule has 1 aromatic heterocycles. The molecule has 1 saturated heterocycles. The number of nitrogen functional groups attached to an aromatic ring is 1. The average molecular weight is 242 g/mol. The first-order chi connectivity index (χ1) is 6.27. The molecule has 0 aromatic carbocycles. The fourth-order valence-electron chi connectivity index (χ4n) is 1.60. The van der Waals surface area contributed by atoms with Gasteiger partial charge < -0.3 is 10.6 Å². The Labute approximate surface area is 86.1 Å². The van der Waals surface area contributed by atoms with Crippen molar-refractivity contribution in [3.05, 3.63) is 16.6 Å². The van der Waals surface area contributed by atoms with Gasteiger partial charge in [0.05, 0.1) is 4.47 Å². The van der Waals surface area contributed by atoms with Crippen LogP contribution < -0.4 is 10.6 Å². The molecule has 0 aliphatic carbocycles. The van der Waals surface area contributed by atoms with E-state index < -0.39 is 0 Å². The number of nitrogens with two attached hydrogens (primary N) is 1. The van der Waals surface area contributed by atoms with E-state index >= 15 is 0 Å². The number of aromatic nitrogens is 1.